The van der Waals surface area contributed by atoms with Gasteiger partial charge in [0.25, 0.3) is 5.91 Å². The number of rotatable bonds is 4. The number of nitrogens with zero attached hydrogens (tertiary/aromatic N) is 1. The Kier molecular flexibility index (Phi) is 5.92. The minimum absolute atomic E-state index is 0.0825. The molecule has 0 bridgehead atoms. The Balaban J connectivity index is 1.98. The number of aliphatic hydroxyl groups is 1. The van der Waals surface area contributed by atoms with E-state index in [1.807, 2.05) is 24.3 Å². The molecule has 4 nitrogen and oxygen atoms in total. The molecule has 24 heavy (non-hydrogen) atoms. The minimum atomic E-state index is -0.565. The molecule has 0 saturated heterocycles. The van der Waals surface area contributed by atoms with Gasteiger partial charge >= 0.3 is 0 Å². The molecule has 1 aliphatic rings. The predicted octanol–water partition coefficient (Wildman–Crippen LogP) is 3.51. The second-order valence-corrected chi connectivity index (χ2v) is 7.90. The molecule has 134 valence electrons. The summed E-state index contributed by atoms with van der Waals surface area (Å²) < 4.78 is 5.82. The van der Waals surface area contributed by atoms with Crippen molar-refractivity contribution in [3.63, 3.8) is 0 Å². The van der Waals surface area contributed by atoms with E-state index in [9.17, 15) is 9.90 Å². The Hall–Kier alpha value is -1.55. The van der Waals surface area contributed by atoms with Crippen LogP contribution in [0.25, 0.3) is 0 Å². The third-order valence-corrected chi connectivity index (χ3v) is 4.92. The largest absolute Gasteiger partial charge is 0.481 e. The number of carbonyl (C=O) groups is 1. The highest BCUT2D eigenvalue weighted by atomic mass is 16.5. The van der Waals surface area contributed by atoms with Crippen molar-refractivity contribution in [3.05, 3.63) is 29.8 Å². The van der Waals surface area contributed by atoms with Crippen molar-refractivity contribution in [1.82, 2.24) is 4.90 Å². The highest BCUT2D eigenvalue weighted by Crippen LogP contribution is 2.26. The van der Waals surface area contributed by atoms with Crippen LogP contribution in [-0.4, -0.2) is 41.2 Å². The van der Waals surface area contributed by atoms with Crippen LogP contribution >= 0.6 is 0 Å². The first-order valence-corrected chi connectivity index (χ1v) is 8.92. The smallest absolute Gasteiger partial charge is 0.263 e. The van der Waals surface area contributed by atoms with Gasteiger partial charge in [0.1, 0.15) is 5.75 Å². The molecule has 2 rings (SSSR count). The average molecular weight is 333 g/mol. The second kappa shape index (κ2) is 7.56. The maximum Gasteiger partial charge on any atom is 0.263 e. The van der Waals surface area contributed by atoms with Gasteiger partial charge in [-0.3, -0.25) is 4.79 Å². The van der Waals surface area contributed by atoms with Crippen LogP contribution in [0.5, 0.6) is 5.75 Å². The van der Waals surface area contributed by atoms with Crippen molar-refractivity contribution in [2.24, 2.45) is 0 Å². The summed E-state index contributed by atoms with van der Waals surface area (Å²) in [5.41, 5.74) is 1.33. The molecule has 1 aromatic carbocycles. The summed E-state index contributed by atoms with van der Waals surface area (Å²) in [6.45, 7) is 8.27. The van der Waals surface area contributed by atoms with E-state index in [2.05, 4.69) is 20.8 Å². The van der Waals surface area contributed by atoms with Crippen LogP contribution < -0.4 is 4.74 Å². The third-order valence-electron chi connectivity index (χ3n) is 4.92. The van der Waals surface area contributed by atoms with Crippen LogP contribution in [0.1, 0.15) is 58.9 Å². The first-order chi connectivity index (χ1) is 11.2. The zero-order chi connectivity index (χ0) is 17.9. The van der Waals surface area contributed by atoms with E-state index in [-0.39, 0.29) is 17.4 Å². The zero-order valence-corrected chi connectivity index (χ0v) is 15.6. The number of hydrogen-bond acceptors (Lipinski definition) is 3. The van der Waals surface area contributed by atoms with Crippen molar-refractivity contribution in [1.29, 1.82) is 0 Å². The van der Waals surface area contributed by atoms with Gasteiger partial charge in [0, 0.05) is 7.05 Å². The molecule has 1 N–H and O–H groups in total. The van der Waals surface area contributed by atoms with Crippen LogP contribution in [0.15, 0.2) is 24.3 Å². The van der Waals surface area contributed by atoms with Gasteiger partial charge in [-0.1, -0.05) is 45.7 Å². The van der Waals surface area contributed by atoms with Crippen molar-refractivity contribution < 1.29 is 14.6 Å². The lowest BCUT2D eigenvalue weighted by Crippen LogP contribution is -2.50. The summed E-state index contributed by atoms with van der Waals surface area (Å²) in [6.07, 6.45) is 2.73. The van der Waals surface area contributed by atoms with Crippen LogP contribution in [0.4, 0.5) is 0 Å². The average Bonchev–Trinajstić information content (AvgIpc) is 2.53. The summed E-state index contributed by atoms with van der Waals surface area (Å²) in [4.78, 5) is 14.3. The molecule has 0 heterocycles. The van der Waals surface area contributed by atoms with E-state index >= 15 is 0 Å². The maximum atomic E-state index is 12.6. The fraction of sp³-hybridized carbons (Fsp3) is 0.650. The highest BCUT2D eigenvalue weighted by molar-refractivity contribution is 5.81. The van der Waals surface area contributed by atoms with E-state index in [1.54, 1.807) is 18.9 Å². The number of amides is 1. The van der Waals surface area contributed by atoms with Gasteiger partial charge in [-0.25, -0.2) is 0 Å². The fourth-order valence-corrected chi connectivity index (χ4v) is 3.28. The normalized spacial score (nSPS) is 22.8. The fourth-order valence-electron chi connectivity index (χ4n) is 3.28. The molecular formula is C20H31NO3. The van der Waals surface area contributed by atoms with E-state index in [0.717, 1.165) is 25.7 Å². The lowest BCUT2D eigenvalue weighted by Gasteiger charge is -2.36. The molecule has 3 atom stereocenters. The first-order valence-electron chi connectivity index (χ1n) is 8.92. The number of likely N-dealkylation sites (N-methyl/N-ethyl adjacent to an activating group) is 1. The minimum Gasteiger partial charge on any atom is -0.481 e. The summed E-state index contributed by atoms with van der Waals surface area (Å²) in [5, 5.41) is 10.1. The Bertz CT molecular complexity index is 547. The van der Waals surface area contributed by atoms with E-state index < -0.39 is 12.2 Å². The molecule has 0 aromatic heterocycles. The molecule has 0 aliphatic heterocycles. The van der Waals surface area contributed by atoms with Crippen LogP contribution in [0.3, 0.4) is 0 Å². The Morgan fingerprint density at radius 2 is 1.79 bits per heavy atom. The van der Waals surface area contributed by atoms with Crippen molar-refractivity contribution in [3.8, 4) is 5.75 Å². The van der Waals surface area contributed by atoms with E-state index in [1.165, 1.54) is 5.56 Å². The predicted molar refractivity (Wildman–Crippen MR) is 96.3 cm³/mol. The van der Waals surface area contributed by atoms with Crippen LogP contribution in [0.2, 0.25) is 0 Å². The van der Waals surface area contributed by atoms with E-state index in [4.69, 9.17) is 4.74 Å². The Labute approximate surface area is 145 Å². The van der Waals surface area contributed by atoms with Gasteiger partial charge in [-0.15, -0.1) is 0 Å². The SMILES string of the molecule is C[C@H](Oc1ccc(C(C)(C)C)cc1)C(=O)N(C)[C@H]1CCCC[C@@H]1O. The molecular weight excluding hydrogens is 302 g/mol. The molecule has 0 unspecified atom stereocenters. The molecule has 0 spiro atoms. The Morgan fingerprint density at radius 3 is 2.33 bits per heavy atom. The van der Waals surface area contributed by atoms with Crippen molar-refractivity contribution in [2.45, 2.75) is 77.0 Å². The van der Waals surface area contributed by atoms with Crippen LogP contribution in [0, 0.1) is 0 Å². The summed E-state index contributed by atoms with van der Waals surface area (Å²) >= 11 is 0. The van der Waals surface area contributed by atoms with Crippen LogP contribution in [-0.2, 0) is 10.2 Å². The van der Waals surface area contributed by atoms with E-state index in [0.29, 0.717) is 5.75 Å². The molecule has 1 aromatic rings. The molecule has 1 amide bonds. The van der Waals surface area contributed by atoms with Crippen molar-refractivity contribution >= 4 is 5.91 Å². The number of aliphatic hydroxyl groups excluding tert-OH is 1. The van der Waals surface area contributed by atoms with Gasteiger partial charge in [0.05, 0.1) is 12.1 Å². The summed E-state index contributed by atoms with van der Waals surface area (Å²) in [6, 6.07) is 7.82. The summed E-state index contributed by atoms with van der Waals surface area (Å²) in [5.74, 6) is 0.613. The maximum absolute atomic E-state index is 12.6. The van der Waals surface area contributed by atoms with Gasteiger partial charge in [-0.05, 0) is 42.9 Å². The van der Waals surface area contributed by atoms with Gasteiger partial charge in [0.2, 0.25) is 0 Å². The Morgan fingerprint density at radius 1 is 1.21 bits per heavy atom. The quantitative estimate of drug-likeness (QED) is 0.917. The molecule has 1 fully saturated rings. The molecule has 4 heteroatoms. The lowest BCUT2D eigenvalue weighted by atomic mass is 9.87. The number of hydrogen-bond donors (Lipinski definition) is 1. The molecule has 0 radical (unpaired) electrons. The summed E-state index contributed by atoms with van der Waals surface area (Å²) in [7, 11) is 1.77. The van der Waals surface area contributed by atoms with Gasteiger partial charge in [0.15, 0.2) is 6.10 Å². The molecule has 1 aliphatic carbocycles. The topological polar surface area (TPSA) is 49.8 Å². The lowest BCUT2D eigenvalue weighted by molar-refractivity contribution is -0.142. The second-order valence-electron chi connectivity index (χ2n) is 7.90. The number of ether oxygens (including phenoxy) is 1. The number of carbonyl (C=O) groups excluding carboxylic acids is 1. The first kappa shape index (κ1) is 18.8. The van der Waals surface area contributed by atoms with Crippen molar-refractivity contribution in [2.75, 3.05) is 7.05 Å². The monoisotopic (exact) mass is 333 g/mol. The molecule has 1 saturated carbocycles. The highest BCUT2D eigenvalue weighted by Gasteiger charge is 2.32. The third kappa shape index (κ3) is 4.50. The standard InChI is InChI=1S/C20H31NO3/c1-14(19(23)21(5)17-8-6-7-9-18(17)22)24-16-12-10-15(11-13-16)20(2,3)4/h10-14,17-18,22H,6-9H2,1-5H3/t14-,17-,18-/m0/s1. The number of benzene rings is 1. The zero-order valence-electron chi connectivity index (χ0n) is 15.6. The van der Waals surface area contributed by atoms with Gasteiger partial charge in [-0.2, -0.15) is 0 Å². The van der Waals surface area contributed by atoms with Gasteiger partial charge < -0.3 is 14.7 Å².